The predicted octanol–water partition coefficient (Wildman–Crippen LogP) is 4.66. The summed E-state index contributed by atoms with van der Waals surface area (Å²) in [5.74, 6) is 0. The smallest absolute Gasteiger partial charge is 0.368 e. The van der Waals surface area contributed by atoms with Gasteiger partial charge in [0.15, 0.2) is 5.60 Å². The molecular formula is C28H30BF3NO+. The summed E-state index contributed by atoms with van der Waals surface area (Å²) in [6.45, 7) is 9.05. The van der Waals surface area contributed by atoms with E-state index in [1.165, 1.54) is 12.1 Å². The van der Waals surface area contributed by atoms with Crippen LogP contribution < -0.4 is 10.3 Å². The number of hydrogen-bond donors (Lipinski definition) is 1. The van der Waals surface area contributed by atoms with Gasteiger partial charge in [-0.05, 0) is 38.8 Å². The minimum Gasteiger partial charge on any atom is -0.368 e. The quantitative estimate of drug-likeness (QED) is 0.557. The van der Waals surface area contributed by atoms with Crippen LogP contribution >= 0.6 is 0 Å². The Morgan fingerprint density at radius 1 is 0.853 bits per heavy atom. The molecule has 5 rings (SSSR count). The maximum atomic E-state index is 14.0. The molecular weight excluding hydrogens is 434 g/mol. The first-order valence-electron chi connectivity index (χ1n) is 12.0. The van der Waals surface area contributed by atoms with Crippen LogP contribution in [0.3, 0.4) is 0 Å². The average molecular weight is 464 g/mol. The molecule has 0 amide bonds. The van der Waals surface area contributed by atoms with Crippen LogP contribution in [0.2, 0.25) is 0 Å². The minimum absolute atomic E-state index is 0.0289. The molecule has 34 heavy (non-hydrogen) atoms. The largest absolute Gasteiger partial charge is 0.611 e. The Labute approximate surface area is 199 Å². The second-order valence-electron chi connectivity index (χ2n) is 10.1. The summed E-state index contributed by atoms with van der Waals surface area (Å²) in [6, 6.07) is 18.8. The number of hydrogen-bond acceptors (Lipinski definition) is 1. The molecule has 0 radical (unpaired) electrons. The predicted molar refractivity (Wildman–Crippen MR) is 129 cm³/mol. The normalized spacial score (nSPS) is 21.7. The lowest BCUT2D eigenvalue weighted by Gasteiger charge is -2.34. The van der Waals surface area contributed by atoms with Crippen LogP contribution in [0.15, 0.2) is 60.7 Å². The van der Waals surface area contributed by atoms with Gasteiger partial charge >= 0.3 is 13.2 Å². The van der Waals surface area contributed by atoms with Gasteiger partial charge in [0.2, 0.25) is 0 Å². The first-order chi connectivity index (χ1) is 16.1. The molecule has 0 saturated carbocycles. The Morgan fingerprint density at radius 3 is 1.91 bits per heavy atom. The lowest BCUT2D eigenvalue weighted by Crippen LogP contribution is -3.19. The second kappa shape index (κ2) is 8.28. The molecule has 2 saturated heterocycles. The fourth-order valence-electron chi connectivity index (χ4n) is 6.32. The van der Waals surface area contributed by atoms with Crippen LogP contribution in [0.1, 0.15) is 51.8 Å². The molecule has 2 aliphatic heterocycles. The van der Waals surface area contributed by atoms with E-state index in [0.29, 0.717) is 0 Å². The first kappa shape index (κ1) is 23.2. The Balaban J connectivity index is 1.77. The maximum Gasteiger partial charge on any atom is 0.611 e. The maximum absolute atomic E-state index is 14.0. The molecule has 2 nitrogen and oxygen atoms in total. The number of rotatable bonds is 3. The molecule has 176 valence electrons. The van der Waals surface area contributed by atoms with Crippen molar-refractivity contribution in [3.8, 4) is 0 Å². The lowest BCUT2D eigenvalue weighted by atomic mass is 9.69. The highest BCUT2D eigenvalue weighted by molar-refractivity contribution is 6.60. The van der Waals surface area contributed by atoms with Gasteiger partial charge in [-0.2, -0.15) is 13.2 Å². The molecule has 1 N–H and O–H groups in total. The molecule has 2 aliphatic rings. The van der Waals surface area contributed by atoms with Crippen molar-refractivity contribution in [2.24, 2.45) is 0 Å². The molecule has 0 spiro atoms. The Morgan fingerprint density at radius 2 is 1.38 bits per heavy atom. The van der Waals surface area contributed by atoms with Crippen LogP contribution in [-0.2, 0) is 16.4 Å². The van der Waals surface area contributed by atoms with Crippen molar-refractivity contribution >= 4 is 12.5 Å². The number of nitrogens with one attached hydrogen (secondary N) is 1. The number of fused-ring (bicyclic) bond motifs is 1. The molecule has 2 fully saturated rings. The molecule has 0 aromatic heterocycles. The Bertz CT molecular complexity index is 1150. The molecule has 0 bridgehead atoms. The van der Waals surface area contributed by atoms with Gasteiger partial charge in [0.1, 0.15) is 6.04 Å². The van der Waals surface area contributed by atoms with Gasteiger partial charge in [0, 0.05) is 18.3 Å². The van der Waals surface area contributed by atoms with E-state index in [9.17, 15) is 13.2 Å². The topological polar surface area (TPSA) is 13.7 Å². The van der Waals surface area contributed by atoms with Crippen molar-refractivity contribution in [3.05, 3.63) is 99.6 Å². The third kappa shape index (κ3) is 3.77. The molecule has 2 heterocycles. The van der Waals surface area contributed by atoms with Crippen molar-refractivity contribution in [2.45, 2.75) is 58.4 Å². The highest BCUT2D eigenvalue weighted by Gasteiger charge is 2.65. The molecule has 2 unspecified atom stereocenters. The zero-order valence-electron chi connectivity index (χ0n) is 20.1. The van der Waals surface area contributed by atoms with E-state index in [-0.39, 0.29) is 11.5 Å². The van der Waals surface area contributed by atoms with Gasteiger partial charge in [-0.3, -0.25) is 0 Å². The van der Waals surface area contributed by atoms with E-state index >= 15 is 0 Å². The van der Waals surface area contributed by atoms with E-state index in [2.05, 4.69) is 64.1 Å². The molecule has 3 aromatic carbocycles. The summed E-state index contributed by atoms with van der Waals surface area (Å²) in [5.41, 5.74) is 5.38. The number of alkyl halides is 3. The SMILES string of the molecule is Cc1cc(C)cc(C2(c3cc(C)cc(C)c3)OB(c3ccccc3C(F)(F)F)[NH+]3CCCC32)c1. The zero-order chi connectivity index (χ0) is 24.3. The number of quaternary nitrogens is 1. The van der Waals surface area contributed by atoms with Crippen LogP contribution in [0, 0.1) is 27.7 Å². The van der Waals surface area contributed by atoms with E-state index in [4.69, 9.17) is 4.65 Å². The van der Waals surface area contributed by atoms with Gasteiger partial charge in [0.25, 0.3) is 0 Å². The van der Waals surface area contributed by atoms with Crippen LogP contribution in [0.5, 0.6) is 0 Å². The summed E-state index contributed by atoms with van der Waals surface area (Å²) in [5, 5.41) is 0. The van der Waals surface area contributed by atoms with Crippen molar-refractivity contribution in [3.63, 3.8) is 0 Å². The summed E-state index contributed by atoms with van der Waals surface area (Å²) < 4.78 is 49.1. The Kier molecular flexibility index (Phi) is 5.65. The van der Waals surface area contributed by atoms with Crippen molar-refractivity contribution in [1.82, 2.24) is 0 Å². The second-order valence-corrected chi connectivity index (χ2v) is 10.1. The highest BCUT2D eigenvalue weighted by Crippen LogP contribution is 2.43. The summed E-state index contributed by atoms with van der Waals surface area (Å²) in [4.78, 5) is 1.09. The fraction of sp³-hybridized carbons (Fsp3) is 0.357. The fourth-order valence-corrected chi connectivity index (χ4v) is 6.32. The van der Waals surface area contributed by atoms with Gasteiger partial charge in [-0.25, -0.2) is 0 Å². The van der Waals surface area contributed by atoms with Gasteiger partial charge in [-0.15, -0.1) is 0 Å². The molecule has 0 aliphatic carbocycles. The van der Waals surface area contributed by atoms with Crippen LogP contribution in [-0.4, -0.2) is 19.6 Å². The van der Waals surface area contributed by atoms with Gasteiger partial charge in [0.05, 0.1) is 12.1 Å². The number of benzene rings is 3. The lowest BCUT2D eigenvalue weighted by molar-refractivity contribution is -0.799. The van der Waals surface area contributed by atoms with Crippen molar-refractivity contribution in [1.29, 1.82) is 0 Å². The molecule has 6 heteroatoms. The van der Waals surface area contributed by atoms with E-state index in [0.717, 1.165) is 57.6 Å². The van der Waals surface area contributed by atoms with Crippen LogP contribution in [0.4, 0.5) is 13.2 Å². The minimum atomic E-state index is -4.43. The molecule has 2 atom stereocenters. The number of halogens is 3. The zero-order valence-corrected chi connectivity index (χ0v) is 20.1. The van der Waals surface area contributed by atoms with E-state index < -0.39 is 24.4 Å². The number of aryl methyl sites for hydroxylation is 4. The van der Waals surface area contributed by atoms with Gasteiger partial charge < -0.3 is 9.47 Å². The van der Waals surface area contributed by atoms with Crippen molar-refractivity contribution < 1.29 is 22.6 Å². The summed E-state index contributed by atoms with van der Waals surface area (Å²) in [7, 11) is -0.688. The third-order valence-corrected chi connectivity index (χ3v) is 7.39. The highest BCUT2D eigenvalue weighted by atomic mass is 19.4. The molecule has 3 aromatic rings. The Hall–Kier alpha value is -2.57. The van der Waals surface area contributed by atoms with E-state index in [1.54, 1.807) is 12.1 Å². The van der Waals surface area contributed by atoms with Gasteiger partial charge in [-0.1, -0.05) is 82.9 Å². The average Bonchev–Trinajstić information content (AvgIpc) is 3.34. The van der Waals surface area contributed by atoms with E-state index in [1.807, 2.05) is 0 Å². The van der Waals surface area contributed by atoms with Crippen LogP contribution in [0.25, 0.3) is 0 Å². The first-order valence-corrected chi connectivity index (χ1v) is 12.0. The summed E-state index contributed by atoms with van der Waals surface area (Å²) in [6.07, 6.45) is -2.56. The standard InChI is InChI=1S/C28H29BF3NO/c1-18-12-19(2)15-22(14-18)27(23-16-20(3)13-21(4)17-23)26-10-7-11-33(26)29(34-27)25-9-6-5-8-24(25)28(30,31)32/h5-6,8-9,12-17,26H,7,10-11H2,1-4H3/p+1. The monoisotopic (exact) mass is 464 g/mol. The van der Waals surface area contributed by atoms with Crippen molar-refractivity contribution in [2.75, 3.05) is 6.54 Å². The third-order valence-electron chi connectivity index (χ3n) is 7.39. The summed E-state index contributed by atoms with van der Waals surface area (Å²) >= 11 is 0.